The van der Waals surface area contributed by atoms with E-state index in [1.807, 2.05) is 6.92 Å². The summed E-state index contributed by atoms with van der Waals surface area (Å²) in [5, 5.41) is 0. The van der Waals surface area contributed by atoms with Gasteiger partial charge in [0.25, 0.3) is 0 Å². The summed E-state index contributed by atoms with van der Waals surface area (Å²) >= 11 is 0. The average Bonchev–Trinajstić information content (AvgIpc) is 3.08. The van der Waals surface area contributed by atoms with Crippen molar-refractivity contribution in [2.45, 2.75) is 44.6 Å². The second kappa shape index (κ2) is 4.76. The lowest BCUT2D eigenvalue weighted by molar-refractivity contribution is 0.536. The minimum Gasteiger partial charge on any atom is -0.396 e. The number of anilines is 1. The molecule has 1 atom stereocenters. The molecular formula is C13H19FN2O2S. The number of hydrogen-bond acceptors (Lipinski definition) is 3. The number of rotatable bonds is 4. The van der Waals surface area contributed by atoms with Gasteiger partial charge in [-0.3, -0.25) is 0 Å². The second-order valence-corrected chi connectivity index (χ2v) is 6.94. The van der Waals surface area contributed by atoms with Crippen LogP contribution in [0.15, 0.2) is 11.0 Å². The lowest BCUT2D eigenvalue weighted by Gasteiger charge is -2.17. The Balaban J connectivity index is 2.42. The number of sulfonamides is 1. The van der Waals surface area contributed by atoms with Crippen LogP contribution in [0.1, 0.15) is 30.9 Å². The fraction of sp³-hybridized carbons (Fsp3) is 0.538. The van der Waals surface area contributed by atoms with Crippen molar-refractivity contribution in [3.05, 3.63) is 23.0 Å². The predicted octanol–water partition coefficient (Wildman–Crippen LogP) is 2.10. The van der Waals surface area contributed by atoms with E-state index in [2.05, 4.69) is 4.72 Å². The van der Waals surface area contributed by atoms with Crippen LogP contribution in [-0.2, 0) is 10.0 Å². The van der Waals surface area contributed by atoms with Crippen LogP contribution in [0.3, 0.4) is 0 Å². The summed E-state index contributed by atoms with van der Waals surface area (Å²) in [6.45, 7) is 4.96. The molecule has 0 radical (unpaired) electrons. The van der Waals surface area contributed by atoms with E-state index in [1.54, 1.807) is 6.92 Å². The molecule has 1 unspecified atom stereocenters. The van der Waals surface area contributed by atoms with Crippen LogP contribution in [0, 0.1) is 25.6 Å². The monoisotopic (exact) mass is 286 g/mol. The van der Waals surface area contributed by atoms with Gasteiger partial charge in [-0.2, -0.15) is 0 Å². The lowest BCUT2D eigenvalue weighted by Crippen LogP contribution is -2.35. The Labute approximate surface area is 113 Å². The van der Waals surface area contributed by atoms with Crippen molar-refractivity contribution >= 4 is 15.7 Å². The highest BCUT2D eigenvalue weighted by Gasteiger charge is 2.32. The van der Waals surface area contributed by atoms with Crippen molar-refractivity contribution in [2.75, 3.05) is 5.73 Å². The highest BCUT2D eigenvalue weighted by molar-refractivity contribution is 7.89. The number of halogens is 1. The SMILES string of the molecule is Cc1cc(F)c(N)c(C)c1S(=O)(=O)NC(C)C1CC1. The Kier molecular flexibility index (Phi) is 3.57. The molecule has 0 bridgehead atoms. The number of aryl methyl sites for hydroxylation is 1. The summed E-state index contributed by atoms with van der Waals surface area (Å²) < 4.78 is 40.9. The van der Waals surface area contributed by atoms with Gasteiger partial charge in [-0.15, -0.1) is 0 Å². The lowest BCUT2D eigenvalue weighted by atomic mass is 10.1. The highest BCUT2D eigenvalue weighted by Crippen LogP contribution is 2.34. The molecule has 6 heteroatoms. The molecule has 3 N–H and O–H groups in total. The maximum atomic E-state index is 13.5. The summed E-state index contributed by atoms with van der Waals surface area (Å²) in [5.41, 5.74) is 6.12. The summed E-state index contributed by atoms with van der Waals surface area (Å²) in [5.74, 6) is -0.169. The van der Waals surface area contributed by atoms with Crippen molar-refractivity contribution in [3.63, 3.8) is 0 Å². The normalized spacial score (nSPS) is 17.5. The first-order chi connectivity index (χ1) is 8.74. The van der Waals surface area contributed by atoms with Crippen LogP contribution < -0.4 is 10.5 Å². The number of hydrogen-bond donors (Lipinski definition) is 2. The maximum Gasteiger partial charge on any atom is 0.241 e. The van der Waals surface area contributed by atoms with E-state index in [1.165, 1.54) is 13.0 Å². The Morgan fingerprint density at radius 1 is 1.42 bits per heavy atom. The van der Waals surface area contributed by atoms with Crippen LogP contribution in [0.4, 0.5) is 10.1 Å². The predicted molar refractivity (Wildman–Crippen MR) is 72.8 cm³/mol. The zero-order valence-corrected chi connectivity index (χ0v) is 12.1. The summed E-state index contributed by atoms with van der Waals surface area (Å²) in [6.07, 6.45) is 2.10. The van der Waals surface area contributed by atoms with Gasteiger partial charge in [0.15, 0.2) is 0 Å². The van der Waals surface area contributed by atoms with E-state index < -0.39 is 15.8 Å². The van der Waals surface area contributed by atoms with E-state index in [0.717, 1.165) is 12.8 Å². The molecule has 0 spiro atoms. The smallest absolute Gasteiger partial charge is 0.241 e. The molecule has 0 amide bonds. The average molecular weight is 286 g/mol. The molecule has 1 fully saturated rings. The number of benzene rings is 1. The number of nitrogen functional groups attached to an aromatic ring is 1. The van der Waals surface area contributed by atoms with E-state index in [-0.39, 0.29) is 22.2 Å². The van der Waals surface area contributed by atoms with E-state index in [0.29, 0.717) is 11.5 Å². The van der Waals surface area contributed by atoms with Gasteiger partial charge in [0, 0.05) is 6.04 Å². The van der Waals surface area contributed by atoms with Crippen LogP contribution >= 0.6 is 0 Å². The van der Waals surface area contributed by atoms with Crippen LogP contribution in [0.5, 0.6) is 0 Å². The molecule has 19 heavy (non-hydrogen) atoms. The van der Waals surface area contributed by atoms with Crippen LogP contribution in [0.25, 0.3) is 0 Å². The number of nitrogens with one attached hydrogen (secondary N) is 1. The molecule has 1 aromatic carbocycles. The zero-order valence-electron chi connectivity index (χ0n) is 11.3. The zero-order chi connectivity index (χ0) is 14.4. The molecule has 0 aromatic heterocycles. The first-order valence-corrected chi connectivity index (χ1v) is 7.80. The molecule has 0 aliphatic heterocycles. The van der Waals surface area contributed by atoms with E-state index in [4.69, 9.17) is 5.73 Å². The minimum absolute atomic E-state index is 0.0962. The van der Waals surface area contributed by atoms with E-state index in [9.17, 15) is 12.8 Å². The molecule has 2 rings (SSSR count). The van der Waals surface area contributed by atoms with Gasteiger partial charge in [-0.05, 0) is 56.7 Å². The van der Waals surface area contributed by atoms with Gasteiger partial charge in [0.1, 0.15) is 5.82 Å². The van der Waals surface area contributed by atoms with Gasteiger partial charge in [0.2, 0.25) is 10.0 Å². The third-order valence-corrected chi connectivity index (χ3v) is 5.49. The molecule has 0 heterocycles. The maximum absolute atomic E-state index is 13.5. The molecule has 1 saturated carbocycles. The molecule has 1 aromatic rings. The second-order valence-electron chi connectivity index (χ2n) is 5.29. The summed E-state index contributed by atoms with van der Waals surface area (Å²) in [4.78, 5) is 0.0962. The fourth-order valence-corrected chi connectivity index (χ4v) is 4.14. The Bertz CT molecular complexity index is 610. The third kappa shape index (κ3) is 2.74. The summed E-state index contributed by atoms with van der Waals surface area (Å²) in [6, 6.07) is 1.06. The fourth-order valence-electron chi connectivity index (χ4n) is 2.34. The molecular weight excluding hydrogens is 267 g/mol. The third-order valence-electron chi connectivity index (χ3n) is 3.64. The van der Waals surface area contributed by atoms with Crippen molar-refractivity contribution in [1.82, 2.24) is 4.72 Å². The van der Waals surface area contributed by atoms with Crippen molar-refractivity contribution < 1.29 is 12.8 Å². The van der Waals surface area contributed by atoms with Crippen molar-refractivity contribution in [1.29, 1.82) is 0 Å². The minimum atomic E-state index is -3.66. The van der Waals surface area contributed by atoms with Gasteiger partial charge < -0.3 is 5.73 Å². The van der Waals surface area contributed by atoms with E-state index >= 15 is 0 Å². The van der Waals surface area contributed by atoms with Gasteiger partial charge in [0.05, 0.1) is 10.6 Å². The topological polar surface area (TPSA) is 72.2 Å². The number of nitrogens with two attached hydrogens (primary N) is 1. The van der Waals surface area contributed by atoms with Crippen LogP contribution in [-0.4, -0.2) is 14.5 Å². The van der Waals surface area contributed by atoms with Crippen molar-refractivity contribution in [3.8, 4) is 0 Å². The standard InChI is InChI=1S/C13H19FN2O2S/c1-7-6-11(14)12(15)8(2)13(7)19(17,18)16-9(3)10-4-5-10/h6,9-10,16H,4-5,15H2,1-3H3. The Hall–Kier alpha value is -1.14. The largest absolute Gasteiger partial charge is 0.396 e. The molecule has 1 aliphatic rings. The van der Waals surface area contributed by atoms with Crippen molar-refractivity contribution in [2.24, 2.45) is 5.92 Å². The molecule has 0 saturated heterocycles. The van der Waals surface area contributed by atoms with Gasteiger partial charge in [-0.1, -0.05) is 0 Å². The summed E-state index contributed by atoms with van der Waals surface area (Å²) in [7, 11) is -3.66. The van der Waals surface area contributed by atoms with Gasteiger partial charge in [-0.25, -0.2) is 17.5 Å². The highest BCUT2D eigenvalue weighted by atomic mass is 32.2. The first kappa shape index (κ1) is 14.3. The molecule has 106 valence electrons. The first-order valence-electron chi connectivity index (χ1n) is 6.31. The van der Waals surface area contributed by atoms with Crippen LogP contribution in [0.2, 0.25) is 0 Å². The van der Waals surface area contributed by atoms with Gasteiger partial charge >= 0.3 is 0 Å². The Morgan fingerprint density at radius 3 is 2.53 bits per heavy atom. The Morgan fingerprint density at radius 2 is 2.00 bits per heavy atom. The molecule has 4 nitrogen and oxygen atoms in total. The quantitative estimate of drug-likeness (QED) is 0.833. The molecule has 1 aliphatic carbocycles.